The van der Waals surface area contributed by atoms with Gasteiger partial charge in [-0.05, 0) is 70.4 Å². The molecular weight excluding hydrogens is 500 g/mol. The van der Waals surface area contributed by atoms with Crippen molar-refractivity contribution in [2.45, 2.75) is 116 Å². The van der Waals surface area contributed by atoms with Crippen LogP contribution in [0, 0.1) is 25.7 Å². The largest absolute Gasteiger partial charge is 0.442 e. The Morgan fingerprint density at radius 1 is 1.05 bits per heavy atom. The monoisotopic (exact) mass is 552 g/mol. The molecule has 0 radical (unpaired) electrons. The van der Waals surface area contributed by atoms with Crippen molar-refractivity contribution < 1.29 is 14.3 Å². The van der Waals surface area contributed by atoms with E-state index in [1.165, 1.54) is 44.9 Å². The molecular formula is C33H52N4O3. The molecule has 40 heavy (non-hydrogen) atoms. The average Bonchev–Trinajstić information content (AvgIpc) is 2.95. The lowest BCUT2D eigenvalue weighted by atomic mass is 9.74. The Kier molecular flexibility index (Phi) is 9.08. The zero-order chi connectivity index (χ0) is 28.3. The summed E-state index contributed by atoms with van der Waals surface area (Å²) in [6.45, 7) is 13.8. The lowest BCUT2D eigenvalue weighted by Gasteiger charge is -2.55. The first kappa shape index (κ1) is 29.3. The Morgan fingerprint density at radius 2 is 1.75 bits per heavy atom. The van der Waals surface area contributed by atoms with Gasteiger partial charge in [0, 0.05) is 69.8 Å². The SMILES string of the molecule is CCCCC1CN(CC2CCCCC2)C(=O)OC12CCN(C1(C)CCN(C(=O)c3c(C)ccnc3C)CC1)CC2. The predicted molar refractivity (Wildman–Crippen MR) is 158 cm³/mol. The van der Waals surface area contributed by atoms with Crippen molar-refractivity contribution >= 4 is 12.0 Å². The summed E-state index contributed by atoms with van der Waals surface area (Å²) in [5, 5.41) is 0. The molecule has 1 aromatic heterocycles. The Balaban J connectivity index is 1.19. The fourth-order valence-electron chi connectivity index (χ4n) is 8.08. The van der Waals surface area contributed by atoms with Crippen molar-refractivity contribution in [3.05, 3.63) is 29.1 Å². The molecule has 0 N–H and O–H groups in total. The molecule has 3 aliphatic heterocycles. The number of ether oxygens (including phenoxy) is 1. The second kappa shape index (κ2) is 12.4. The number of hydrogen-bond acceptors (Lipinski definition) is 5. The lowest BCUT2D eigenvalue weighted by Crippen LogP contribution is -2.63. The van der Waals surface area contributed by atoms with E-state index in [2.05, 4.69) is 28.6 Å². The van der Waals surface area contributed by atoms with Gasteiger partial charge in [-0.2, -0.15) is 0 Å². The predicted octanol–water partition coefficient (Wildman–Crippen LogP) is 6.37. The van der Waals surface area contributed by atoms with Crippen LogP contribution in [0.3, 0.4) is 0 Å². The molecule has 1 aromatic rings. The lowest BCUT2D eigenvalue weighted by molar-refractivity contribution is -0.134. The van der Waals surface area contributed by atoms with Crippen LogP contribution >= 0.6 is 0 Å². The van der Waals surface area contributed by atoms with Crippen LogP contribution in [0.15, 0.2) is 12.3 Å². The molecule has 1 spiro atoms. The molecule has 5 rings (SSSR count). The Morgan fingerprint density at radius 3 is 2.40 bits per heavy atom. The fourth-order valence-corrected chi connectivity index (χ4v) is 8.08. The molecule has 4 heterocycles. The van der Waals surface area contributed by atoms with Gasteiger partial charge in [-0.1, -0.05) is 39.0 Å². The van der Waals surface area contributed by atoms with E-state index in [0.29, 0.717) is 11.8 Å². The van der Waals surface area contributed by atoms with Crippen molar-refractivity contribution in [2.75, 3.05) is 39.3 Å². The summed E-state index contributed by atoms with van der Waals surface area (Å²) in [7, 11) is 0. The third kappa shape index (κ3) is 6.05. The van der Waals surface area contributed by atoms with Crippen molar-refractivity contribution in [3.8, 4) is 0 Å². The minimum Gasteiger partial charge on any atom is -0.442 e. The van der Waals surface area contributed by atoms with Gasteiger partial charge in [0.25, 0.3) is 5.91 Å². The number of carbonyl (C=O) groups excluding carboxylic acids is 2. The van der Waals surface area contributed by atoms with E-state index in [4.69, 9.17) is 4.74 Å². The molecule has 4 aliphatic rings. The van der Waals surface area contributed by atoms with Crippen LogP contribution in [-0.4, -0.2) is 82.1 Å². The number of aromatic nitrogens is 1. The van der Waals surface area contributed by atoms with Crippen LogP contribution in [0.25, 0.3) is 0 Å². The van der Waals surface area contributed by atoms with Crippen molar-refractivity contribution in [1.29, 1.82) is 0 Å². The van der Waals surface area contributed by atoms with Crippen LogP contribution in [0.2, 0.25) is 0 Å². The molecule has 2 amide bonds. The minimum atomic E-state index is -0.311. The van der Waals surface area contributed by atoms with Gasteiger partial charge in [0.1, 0.15) is 5.60 Å². The smallest absolute Gasteiger partial charge is 0.410 e. The normalized spacial score (nSPS) is 25.7. The van der Waals surface area contributed by atoms with Gasteiger partial charge in [0.15, 0.2) is 0 Å². The first-order valence-corrected chi connectivity index (χ1v) is 16.2. The third-order valence-electron chi connectivity index (χ3n) is 10.9. The first-order chi connectivity index (χ1) is 19.2. The van der Waals surface area contributed by atoms with E-state index in [1.807, 2.05) is 24.8 Å². The Labute approximate surface area is 242 Å². The summed E-state index contributed by atoms with van der Waals surface area (Å²) >= 11 is 0. The zero-order valence-corrected chi connectivity index (χ0v) is 25.6. The molecule has 1 unspecified atom stereocenters. The molecule has 4 fully saturated rings. The standard InChI is InChI=1S/C33H52N4O3/c1-5-6-12-28-24-36(23-27-10-8-7-9-11-27)31(39)40-33(28)16-21-37(22-17-33)32(4)14-19-35(20-15-32)30(38)29-25(2)13-18-34-26(29)3/h13,18,27-28H,5-12,14-17,19-24H2,1-4H3. The van der Waals surface area contributed by atoms with Crippen LogP contribution in [0.1, 0.15) is 113 Å². The maximum absolute atomic E-state index is 13.4. The van der Waals surface area contributed by atoms with E-state index in [9.17, 15) is 9.59 Å². The molecule has 222 valence electrons. The van der Waals surface area contributed by atoms with Gasteiger partial charge >= 0.3 is 6.09 Å². The molecule has 3 saturated heterocycles. The molecule has 0 bridgehead atoms. The number of rotatable bonds is 7. The van der Waals surface area contributed by atoms with Crippen LogP contribution in [0.4, 0.5) is 4.79 Å². The maximum atomic E-state index is 13.4. The van der Waals surface area contributed by atoms with Crippen LogP contribution in [-0.2, 0) is 4.74 Å². The number of carbonyl (C=O) groups is 2. The van der Waals surface area contributed by atoms with E-state index >= 15 is 0 Å². The third-order valence-corrected chi connectivity index (χ3v) is 10.9. The van der Waals surface area contributed by atoms with Gasteiger partial charge in [-0.15, -0.1) is 0 Å². The average molecular weight is 553 g/mol. The summed E-state index contributed by atoms with van der Waals surface area (Å²) in [5.74, 6) is 1.19. The number of nitrogens with zero attached hydrogens (tertiary/aromatic N) is 4. The molecule has 1 saturated carbocycles. The highest BCUT2D eigenvalue weighted by Gasteiger charge is 2.51. The Bertz CT molecular complexity index is 1020. The van der Waals surface area contributed by atoms with E-state index in [-0.39, 0.29) is 23.1 Å². The molecule has 7 nitrogen and oxygen atoms in total. The van der Waals surface area contributed by atoms with Gasteiger partial charge in [-0.25, -0.2) is 4.79 Å². The quantitative estimate of drug-likeness (QED) is 0.393. The fraction of sp³-hybridized carbons (Fsp3) is 0.788. The topological polar surface area (TPSA) is 66.0 Å². The second-order valence-corrected chi connectivity index (χ2v) is 13.5. The second-order valence-electron chi connectivity index (χ2n) is 13.5. The number of amides is 2. The van der Waals surface area contributed by atoms with Gasteiger partial charge in [0.2, 0.25) is 0 Å². The van der Waals surface area contributed by atoms with Crippen LogP contribution < -0.4 is 0 Å². The van der Waals surface area contributed by atoms with Gasteiger partial charge in [-0.3, -0.25) is 14.7 Å². The summed E-state index contributed by atoms with van der Waals surface area (Å²) in [6.07, 6.45) is 15.5. The van der Waals surface area contributed by atoms with E-state index in [0.717, 1.165) is 88.2 Å². The molecule has 0 aromatic carbocycles. The molecule has 7 heteroatoms. The van der Waals surface area contributed by atoms with Crippen molar-refractivity contribution in [3.63, 3.8) is 0 Å². The number of hydrogen-bond donors (Lipinski definition) is 0. The minimum absolute atomic E-state index is 0.0641. The highest BCUT2D eigenvalue weighted by molar-refractivity contribution is 5.96. The highest BCUT2D eigenvalue weighted by Crippen LogP contribution is 2.43. The van der Waals surface area contributed by atoms with Gasteiger partial charge < -0.3 is 14.5 Å². The van der Waals surface area contributed by atoms with E-state index in [1.54, 1.807) is 6.20 Å². The van der Waals surface area contributed by atoms with Crippen molar-refractivity contribution in [1.82, 2.24) is 19.7 Å². The Hall–Kier alpha value is -2.15. The summed E-state index contributed by atoms with van der Waals surface area (Å²) < 4.78 is 6.47. The van der Waals surface area contributed by atoms with E-state index < -0.39 is 0 Å². The number of pyridine rings is 1. The highest BCUT2D eigenvalue weighted by atomic mass is 16.6. The van der Waals surface area contributed by atoms with Gasteiger partial charge in [0.05, 0.1) is 11.3 Å². The number of unbranched alkanes of at least 4 members (excludes halogenated alkanes) is 1. The zero-order valence-electron chi connectivity index (χ0n) is 25.6. The molecule has 1 aliphatic carbocycles. The maximum Gasteiger partial charge on any atom is 0.410 e. The summed E-state index contributed by atoms with van der Waals surface area (Å²) in [5.41, 5.74) is 2.34. The molecule has 1 atom stereocenters. The van der Waals surface area contributed by atoms with Crippen molar-refractivity contribution in [2.24, 2.45) is 11.8 Å². The summed E-state index contributed by atoms with van der Waals surface area (Å²) in [4.78, 5) is 37.8. The summed E-state index contributed by atoms with van der Waals surface area (Å²) in [6, 6.07) is 1.93. The number of piperidine rings is 2. The number of aryl methyl sites for hydroxylation is 2. The first-order valence-electron chi connectivity index (χ1n) is 16.2. The van der Waals surface area contributed by atoms with Crippen LogP contribution in [0.5, 0.6) is 0 Å². The number of likely N-dealkylation sites (tertiary alicyclic amines) is 2.